The van der Waals surface area contributed by atoms with Gasteiger partial charge in [-0.05, 0) is 48.6 Å². The van der Waals surface area contributed by atoms with Crippen molar-refractivity contribution in [2.24, 2.45) is 0 Å². The highest BCUT2D eigenvalue weighted by Crippen LogP contribution is 2.36. The van der Waals surface area contributed by atoms with Crippen LogP contribution in [0.2, 0.25) is 0 Å². The first-order valence-electron chi connectivity index (χ1n) is 9.16. The quantitative estimate of drug-likeness (QED) is 0.884. The summed E-state index contributed by atoms with van der Waals surface area (Å²) >= 11 is 0. The first-order valence-corrected chi connectivity index (χ1v) is 9.16. The zero-order valence-corrected chi connectivity index (χ0v) is 15.2. The number of amides is 2. The highest BCUT2D eigenvalue weighted by Gasteiger charge is 2.33. The summed E-state index contributed by atoms with van der Waals surface area (Å²) in [6.07, 6.45) is 7.48. The van der Waals surface area contributed by atoms with Gasteiger partial charge in [0, 0.05) is 13.3 Å². The molecule has 1 saturated heterocycles. The monoisotopic (exact) mass is 367 g/mol. The molecule has 1 fully saturated rings. The molecular formula is C20H21N3O4. The summed E-state index contributed by atoms with van der Waals surface area (Å²) in [5, 5.41) is 2.67. The number of nitrogens with zero attached hydrogens (tertiary/aromatic N) is 2. The van der Waals surface area contributed by atoms with Crippen molar-refractivity contribution in [2.75, 3.05) is 18.0 Å². The number of hydrogen-bond donors (Lipinski definition) is 1. The van der Waals surface area contributed by atoms with E-state index in [9.17, 15) is 14.4 Å². The van der Waals surface area contributed by atoms with Crippen molar-refractivity contribution >= 4 is 29.0 Å². The van der Waals surface area contributed by atoms with Crippen LogP contribution in [0.15, 0.2) is 30.0 Å². The van der Waals surface area contributed by atoms with Crippen LogP contribution >= 0.6 is 0 Å². The Morgan fingerprint density at radius 1 is 1.26 bits per heavy atom. The Hall–Kier alpha value is -2.96. The lowest BCUT2D eigenvalue weighted by molar-refractivity contribution is -0.119. The van der Waals surface area contributed by atoms with E-state index in [2.05, 4.69) is 10.3 Å². The Morgan fingerprint density at radius 2 is 2.07 bits per heavy atom. The first-order chi connectivity index (χ1) is 13.0. The normalized spacial score (nSPS) is 21.5. The van der Waals surface area contributed by atoms with E-state index in [1.165, 1.54) is 12.5 Å². The molecule has 3 aliphatic rings. The number of anilines is 1. The number of allylic oxidation sites excluding steroid dienone is 4. The average molecular weight is 367 g/mol. The van der Waals surface area contributed by atoms with Crippen LogP contribution in [0, 0.1) is 0 Å². The standard InChI is InChI=1S/C20H21N3O4/c1-12(24)21-10-17-11-23(20(26)27-17)15-8-14-3-2-13-4-5-16(25)6-7-18(13)19(14)22-9-15/h6-9,17H,2-5,10-11H2,1H3,(H,21,24)/t17-/m0/s1. The van der Waals surface area contributed by atoms with Gasteiger partial charge in [-0.3, -0.25) is 19.5 Å². The van der Waals surface area contributed by atoms with Gasteiger partial charge in [0.2, 0.25) is 5.91 Å². The fraction of sp³-hybridized carbons (Fsp3) is 0.400. The topological polar surface area (TPSA) is 88.6 Å². The van der Waals surface area contributed by atoms with Gasteiger partial charge in [-0.25, -0.2) is 4.79 Å². The van der Waals surface area contributed by atoms with E-state index in [-0.39, 0.29) is 17.8 Å². The number of rotatable bonds is 3. The predicted octanol–water partition coefficient (Wildman–Crippen LogP) is 2.16. The fourth-order valence-corrected chi connectivity index (χ4v) is 3.75. The summed E-state index contributed by atoms with van der Waals surface area (Å²) in [6, 6.07) is 1.98. The summed E-state index contributed by atoms with van der Waals surface area (Å²) in [6.45, 7) is 2.10. The molecule has 0 aromatic carbocycles. The SMILES string of the molecule is CC(=O)NC[C@H]1CN(c2cnc3c(c2)CCC2=C3C=CC(=O)CC2)C(=O)O1. The minimum atomic E-state index is -0.428. The second-order valence-corrected chi connectivity index (χ2v) is 7.07. The number of ketones is 1. The maximum absolute atomic E-state index is 12.2. The molecular weight excluding hydrogens is 346 g/mol. The number of pyridine rings is 1. The molecule has 1 atom stereocenters. The Kier molecular flexibility index (Phi) is 4.51. The van der Waals surface area contributed by atoms with E-state index in [1.54, 1.807) is 17.2 Å². The van der Waals surface area contributed by atoms with Crippen LogP contribution in [-0.4, -0.2) is 42.0 Å². The molecule has 0 radical (unpaired) electrons. The molecule has 0 saturated carbocycles. The molecule has 1 aromatic rings. The van der Waals surface area contributed by atoms with Crippen molar-refractivity contribution in [2.45, 2.75) is 38.7 Å². The Labute approximate surface area is 157 Å². The summed E-state index contributed by atoms with van der Waals surface area (Å²) < 4.78 is 5.32. The molecule has 2 amide bonds. The van der Waals surface area contributed by atoms with Crippen LogP contribution in [-0.2, 0) is 20.7 Å². The number of carbonyl (C=O) groups excluding carboxylic acids is 3. The fourth-order valence-electron chi connectivity index (χ4n) is 3.75. The number of fused-ring (bicyclic) bond motifs is 2. The van der Waals surface area contributed by atoms with Crippen LogP contribution in [0.3, 0.4) is 0 Å². The minimum Gasteiger partial charge on any atom is -0.442 e. The molecule has 4 rings (SSSR count). The maximum atomic E-state index is 12.2. The van der Waals surface area contributed by atoms with Crippen LogP contribution in [0.1, 0.15) is 37.4 Å². The number of cyclic esters (lactones) is 1. The molecule has 0 unspecified atom stereocenters. The number of aryl methyl sites for hydroxylation is 1. The van der Waals surface area contributed by atoms with Crippen LogP contribution < -0.4 is 10.2 Å². The van der Waals surface area contributed by atoms with E-state index < -0.39 is 6.09 Å². The van der Waals surface area contributed by atoms with Gasteiger partial charge < -0.3 is 10.1 Å². The molecule has 27 heavy (non-hydrogen) atoms. The smallest absolute Gasteiger partial charge is 0.414 e. The van der Waals surface area contributed by atoms with Crippen LogP contribution in [0.4, 0.5) is 10.5 Å². The van der Waals surface area contributed by atoms with Crippen molar-refractivity contribution in [1.82, 2.24) is 10.3 Å². The molecule has 7 heteroatoms. The van der Waals surface area contributed by atoms with Crippen molar-refractivity contribution < 1.29 is 19.1 Å². The van der Waals surface area contributed by atoms with Crippen molar-refractivity contribution in [1.29, 1.82) is 0 Å². The van der Waals surface area contributed by atoms with Crippen LogP contribution in [0.5, 0.6) is 0 Å². The third-order valence-corrected chi connectivity index (χ3v) is 5.16. The highest BCUT2D eigenvalue weighted by molar-refractivity contribution is 5.95. The number of aromatic nitrogens is 1. The number of nitrogens with one attached hydrogen (secondary N) is 1. The molecule has 1 aliphatic heterocycles. The van der Waals surface area contributed by atoms with Crippen LogP contribution in [0.25, 0.3) is 5.57 Å². The summed E-state index contributed by atoms with van der Waals surface area (Å²) in [7, 11) is 0. The Morgan fingerprint density at radius 3 is 2.89 bits per heavy atom. The van der Waals surface area contributed by atoms with E-state index in [4.69, 9.17) is 4.74 Å². The van der Waals surface area contributed by atoms with E-state index in [0.717, 1.165) is 36.1 Å². The first kappa shape index (κ1) is 17.5. The summed E-state index contributed by atoms with van der Waals surface area (Å²) in [4.78, 5) is 41.1. The molecule has 140 valence electrons. The third-order valence-electron chi connectivity index (χ3n) is 5.16. The van der Waals surface area contributed by atoms with Crippen molar-refractivity contribution in [3.63, 3.8) is 0 Å². The van der Waals surface area contributed by atoms with Crippen molar-refractivity contribution in [3.05, 3.63) is 41.2 Å². The van der Waals surface area contributed by atoms with Gasteiger partial charge in [-0.1, -0.05) is 5.57 Å². The zero-order valence-electron chi connectivity index (χ0n) is 15.2. The Balaban J connectivity index is 1.57. The number of hydrogen-bond acceptors (Lipinski definition) is 5. The Bertz CT molecular complexity index is 887. The molecule has 1 N–H and O–H groups in total. The average Bonchev–Trinajstić information content (AvgIpc) is 2.91. The second kappa shape index (κ2) is 6.98. The summed E-state index contributed by atoms with van der Waals surface area (Å²) in [5.41, 5.74) is 4.99. The van der Waals surface area contributed by atoms with Gasteiger partial charge in [0.05, 0.1) is 30.7 Å². The number of ether oxygens (including phenoxy) is 1. The van der Waals surface area contributed by atoms with Crippen molar-refractivity contribution in [3.8, 4) is 0 Å². The summed E-state index contributed by atoms with van der Waals surface area (Å²) in [5.74, 6) is -0.00782. The lowest BCUT2D eigenvalue weighted by Gasteiger charge is -2.22. The van der Waals surface area contributed by atoms with Gasteiger partial charge in [0.1, 0.15) is 6.10 Å². The molecule has 2 heterocycles. The highest BCUT2D eigenvalue weighted by atomic mass is 16.6. The van der Waals surface area contributed by atoms with E-state index in [0.29, 0.717) is 25.2 Å². The molecule has 1 aromatic heterocycles. The lowest BCUT2D eigenvalue weighted by atomic mass is 9.87. The van der Waals surface area contributed by atoms with E-state index in [1.807, 2.05) is 12.1 Å². The molecule has 2 aliphatic carbocycles. The van der Waals surface area contributed by atoms with Gasteiger partial charge >= 0.3 is 6.09 Å². The predicted molar refractivity (Wildman–Crippen MR) is 99.2 cm³/mol. The lowest BCUT2D eigenvalue weighted by Crippen LogP contribution is -2.33. The molecule has 7 nitrogen and oxygen atoms in total. The third kappa shape index (κ3) is 3.49. The zero-order chi connectivity index (χ0) is 19.0. The van der Waals surface area contributed by atoms with Gasteiger partial charge in [-0.15, -0.1) is 0 Å². The van der Waals surface area contributed by atoms with Gasteiger partial charge in [-0.2, -0.15) is 0 Å². The van der Waals surface area contributed by atoms with Gasteiger partial charge in [0.25, 0.3) is 0 Å². The largest absolute Gasteiger partial charge is 0.442 e. The maximum Gasteiger partial charge on any atom is 0.414 e. The minimum absolute atomic E-state index is 0.146. The van der Waals surface area contributed by atoms with Gasteiger partial charge in [0.15, 0.2) is 5.78 Å². The van der Waals surface area contributed by atoms with E-state index >= 15 is 0 Å². The number of carbonyl (C=O) groups is 3. The molecule has 0 bridgehead atoms. The molecule has 0 spiro atoms. The second-order valence-electron chi connectivity index (χ2n) is 7.07.